The van der Waals surface area contributed by atoms with E-state index in [2.05, 4.69) is 15.9 Å². The molecule has 0 radical (unpaired) electrons. The third kappa shape index (κ3) is 1.61. The molecular weight excluding hydrogens is 333 g/mol. The van der Waals surface area contributed by atoms with Gasteiger partial charge in [0.15, 0.2) is 23.3 Å². The second-order valence-corrected chi connectivity index (χ2v) is 4.59. The SMILES string of the molecule is N#CC1C(=O)Nc2c(F)c(Br)c(Cl)c(F)c2C1=O. The maximum atomic E-state index is 13.8. The Balaban J connectivity index is 2.81. The zero-order chi connectivity index (χ0) is 13.6. The second-order valence-electron chi connectivity index (χ2n) is 3.42. The molecule has 4 nitrogen and oxygen atoms in total. The van der Waals surface area contributed by atoms with Crippen molar-refractivity contribution in [3.8, 4) is 6.07 Å². The number of Topliss-reactive ketones (excluding diaryl/α,β-unsaturated/α-hetero) is 1. The van der Waals surface area contributed by atoms with Gasteiger partial charge in [0.05, 0.1) is 26.8 Å². The van der Waals surface area contributed by atoms with Crippen molar-refractivity contribution in [2.75, 3.05) is 5.32 Å². The molecule has 1 aromatic carbocycles. The highest BCUT2D eigenvalue weighted by atomic mass is 79.9. The van der Waals surface area contributed by atoms with Crippen LogP contribution in [0.1, 0.15) is 10.4 Å². The monoisotopic (exact) mass is 334 g/mol. The number of hydrogen-bond acceptors (Lipinski definition) is 3. The molecule has 92 valence electrons. The van der Waals surface area contributed by atoms with E-state index in [0.29, 0.717) is 0 Å². The van der Waals surface area contributed by atoms with Crippen LogP contribution in [0, 0.1) is 28.9 Å². The highest BCUT2D eigenvalue weighted by Crippen LogP contribution is 2.39. The van der Waals surface area contributed by atoms with E-state index in [1.54, 1.807) is 0 Å². The molecule has 0 bridgehead atoms. The number of carbonyl (C=O) groups excluding carboxylic acids is 2. The van der Waals surface area contributed by atoms with Gasteiger partial charge in [0.1, 0.15) is 0 Å². The molecule has 1 aliphatic heterocycles. The zero-order valence-electron chi connectivity index (χ0n) is 8.35. The number of hydrogen-bond donors (Lipinski definition) is 1. The normalized spacial score (nSPS) is 18.1. The summed E-state index contributed by atoms with van der Waals surface area (Å²) < 4.78 is 27.2. The number of rotatable bonds is 0. The van der Waals surface area contributed by atoms with Crippen LogP contribution in [0.15, 0.2) is 4.47 Å². The summed E-state index contributed by atoms with van der Waals surface area (Å²) in [7, 11) is 0. The molecule has 0 saturated carbocycles. The zero-order valence-corrected chi connectivity index (χ0v) is 10.7. The first kappa shape index (κ1) is 12.9. The lowest BCUT2D eigenvalue weighted by Crippen LogP contribution is -2.35. The van der Waals surface area contributed by atoms with Crippen LogP contribution in [0.4, 0.5) is 14.5 Å². The van der Waals surface area contributed by atoms with E-state index < -0.39 is 50.0 Å². The molecule has 1 amide bonds. The topological polar surface area (TPSA) is 70.0 Å². The van der Waals surface area contributed by atoms with Crippen molar-refractivity contribution in [1.82, 2.24) is 0 Å². The fourth-order valence-electron chi connectivity index (χ4n) is 1.56. The number of amides is 1. The minimum atomic E-state index is -1.70. The van der Waals surface area contributed by atoms with Crippen LogP contribution < -0.4 is 5.32 Å². The molecule has 1 heterocycles. The number of carbonyl (C=O) groups is 2. The van der Waals surface area contributed by atoms with E-state index in [9.17, 15) is 18.4 Å². The number of nitrogens with zero attached hydrogens (tertiary/aromatic N) is 1. The standard InChI is InChI=1S/C10H2BrClF2N2O2/c11-4-5(12)6(13)3-8(7(4)14)16-10(18)2(1-15)9(3)17/h2H,(H,16,18). The molecule has 0 aliphatic carbocycles. The van der Waals surface area contributed by atoms with Crippen LogP contribution in [-0.4, -0.2) is 11.7 Å². The molecule has 0 aromatic heterocycles. The Morgan fingerprint density at radius 2 is 1.94 bits per heavy atom. The van der Waals surface area contributed by atoms with Gasteiger partial charge >= 0.3 is 0 Å². The van der Waals surface area contributed by atoms with Crippen molar-refractivity contribution >= 4 is 44.9 Å². The van der Waals surface area contributed by atoms with Gasteiger partial charge in [0.25, 0.3) is 0 Å². The van der Waals surface area contributed by atoms with Gasteiger partial charge in [-0.25, -0.2) is 8.78 Å². The van der Waals surface area contributed by atoms with Crippen molar-refractivity contribution in [2.24, 2.45) is 5.92 Å². The minimum absolute atomic E-state index is 0.399. The Hall–Kier alpha value is -1.52. The lowest BCUT2D eigenvalue weighted by molar-refractivity contribution is -0.117. The summed E-state index contributed by atoms with van der Waals surface area (Å²) in [6, 6.07) is 1.42. The maximum absolute atomic E-state index is 13.8. The Bertz CT molecular complexity index is 642. The van der Waals surface area contributed by atoms with Gasteiger partial charge in [-0.2, -0.15) is 5.26 Å². The predicted molar refractivity (Wildman–Crippen MR) is 61.1 cm³/mol. The number of nitriles is 1. The lowest BCUT2D eigenvalue weighted by Gasteiger charge is -2.21. The molecule has 1 aliphatic rings. The molecule has 0 fully saturated rings. The van der Waals surface area contributed by atoms with Crippen molar-refractivity contribution in [2.45, 2.75) is 0 Å². The fourth-order valence-corrected chi connectivity index (χ4v) is 2.11. The molecular formula is C10H2BrClF2N2O2. The van der Waals surface area contributed by atoms with Gasteiger partial charge in [-0.05, 0) is 15.9 Å². The second kappa shape index (κ2) is 4.30. The van der Waals surface area contributed by atoms with E-state index in [-0.39, 0.29) is 0 Å². The van der Waals surface area contributed by atoms with Gasteiger partial charge < -0.3 is 5.32 Å². The number of anilines is 1. The quantitative estimate of drug-likeness (QED) is 0.450. The van der Waals surface area contributed by atoms with Crippen molar-refractivity contribution in [1.29, 1.82) is 5.26 Å². The van der Waals surface area contributed by atoms with Crippen LogP contribution in [0.2, 0.25) is 5.02 Å². The molecule has 1 atom stereocenters. The number of ketones is 1. The van der Waals surface area contributed by atoms with Gasteiger partial charge in [-0.3, -0.25) is 9.59 Å². The van der Waals surface area contributed by atoms with Gasteiger partial charge in [0.2, 0.25) is 5.91 Å². The van der Waals surface area contributed by atoms with Crippen molar-refractivity contribution in [3.63, 3.8) is 0 Å². The highest BCUT2D eigenvalue weighted by molar-refractivity contribution is 9.10. The first-order chi connectivity index (χ1) is 8.40. The van der Waals surface area contributed by atoms with E-state index in [0.717, 1.165) is 0 Å². The Labute approximate surface area is 113 Å². The van der Waals surface area contributed by atoms with Crippen molar-refractivity contribution in [3.05, 3.63) is 26.7 Å². The molecule has 0 spiro atoms. The summed E-state index contributed by atoms with van der Waals surface area (Å²) in [5.41, 5.74) is -1.32. The molecule has 1 unspecified atom stereocenters. The van der Waals surface area contributed by atoms with E-state index in [1.165, 1.54) is 6.07 Å². The molecule has 18 heavy (non-hydrogen) atoms. The van der Waals surface area contributed by atoms with Crippen LogP contribution in [0.3, 0.4) is 0 Å². The van der Waals surface area contributed by atoms with E-state index in [1.807, 2.05) is 5.32 Å². The largest absolute Gasteiger partial charge is 0.321 e. The average Bonchev–Trinajstić information content (AvgIpc) is 2.33. The summed E-state index contributed by atoms with van der Waals surface area (Å²) in [6.45, 7) is 0. The van der Waals surface area contributed by atoms with E-state index in [4.69, 9.17) is 16.9 Å². The number of nitrogens with one attached hydrogen (secondary N) is 1. The molecule has 1 aromatic rings. The number of benzene rings is 1. The lowest BCUT2D eigenvalue weighted by atomic mass is 9.92. The molecule has 1 N–H and O–H groups in total. The van der Waals surface area contributed by atoms with Gasteiger partial charge in [0, 0.05) is 0 Å². The maximum Gasteiger partial charge on any atom is 0.249 e. The highest BCUT2D eigenvalue weighted by Gasteiger charge is 2.40. The molecule has 0 saturated heterocycles. The van der Waals surface area contributed by atoms with Gasteiger partial charge in [-0.15, -0.1) is 0 Å². The summed E-state index contributed by atoms with van der Waals surface area (Å²) in [5, 5.41) is 10.0. The third-order valence-electron chi connectivity index (χ3n) is 2.42. The summed E-state index contributed by atoms with van der Waals surface area (Å²) in [5.74, 6) is -6.05. The first-order valence-corrected chi connectivity index (χ1v) is 5.67. The smallest absolute Gasteiger partial charge is 0.249 e. The van der Waals surface area contributed by atoms with Gasteiger partial charge in [-0.1, -0.05) is 11.6 Å². The Morgan fingerprint density at radius 3 is 2.50 bits per heavy atom. The van der Waals surface area contributed by atoms with Crippen LogP contribution in [-0.2, 0) is 4.79 Å². The summed E-state index contributed by atoms with van der Waals surface area (Å²) >= 11 is 8.21. The molecule has 2 rings (SSSR count). The average molecular weight is 335 g/mol. The third-order valence-corrected chi connectivity index (χ3v) is 3.74. The van der Waals surface area contributed by atoms with Crippen LogP contribution in [0.25, 0.3) is 0 Å². The minimum Gasteiger partial charge on any atom is -0.321 e. The molecule has 8 heteroatoms. The summed E-state index contributed by atoms with van der Waals surface area (Å²) in [6.07, 6.45) is 0. The van der Waals surface area contributed by atoms with Crippen LogP contribution in [0.5, 0.6) is 0 Å². The summed E-state index contributed by atoms with van der Waals surface area (Å²) in [4.78, 5) is 23.1. The fraction of sp³-hybridized carbons (Fsp3) is 0.100. The Kier molecular flexibility index (Phi) is 3.09. The van der Waals surface area contributed by atoms with Crippen LogP contribution >= 0.6 is 27.5 Å². The Morgan fingerprint density at radius 1 is 1.33 bits per heavy atom. The number of halogens is 4. The van der Waals surface area contributed by atoms with Crippen molar-refractivity contribution < 1.29 is 18.4 Å². The predicted octanol–water partition coefficient (Wildman–Crippen LogP) is 2.66. The van der Waals surface area contributed by atoms with E-state index >= 15 is 0 Å². The first-order valence-electron chi connectivity index (χ1n) is 4.50. The number of fused-ring (bicyclic) bond motifs is 1.